The van der Waals surface area contributed by atoms with Gasteiger partial charge in [0.15, 0.2) is 0 Å². The molecule has 0 saturated carbocycles. The molecule has 1 unspecified atom stereocenters. The minimum Gasteiger partial charge on any atom is -0.391 e. The van der Waals surface area contributed by atoms with E-state index < -0.39 is 6.10 Å². The predicted octanol–water partition coefficient (Wildman–Crippen LogP) is 1.46. The van der Waals surface area contributed by atoms with Crippen LogP contribution in [0.1, 0.15) is 37.2 Å². The maximum atomic E-state index is 12.3. The van der Waals surface area contributed by atoms with Crippen LogP contribution in [0.15, 0.2) is 24.4 Å². The third-order valence-electron chi connectivity index (χ3n) is 3.34. The Bertz CT molecular complexity index is 403. The maximum absolute atomic E-state index is 12.3. The van der Waals surface area contributed by atoms with Crippen molar-refractivity contribution in [2.45, 2.75) is 38.3 Å². The van der Waals surface area contributed by atoms with Crippen molar-refractivity contribution in [2.75, 3.05) is 6.54 Å². The minimum atomic E-state index is -0.421. The zero-order valence-electron chi connectivity index (χ0n) is 10.3. The van der Waals surface area contributed by atoms with E-state index in [2.05, 4.69) is 4.98 Å². The lowest BCUT2D eigenvalue weighted by atomic mass is 9.89. The van der Waals surface area contributed by atoms with Gasteiger partial charge in [-0.2, -0.15) is 0 Å². The van der Waals surface area contributed by atoms with E-state index in [1.807, 2.05) is 13.8 Å². The number of aromatic nitrogens is 1. The van der Waals surface area contributed by atoms with Gasteiger partial charge in [0.2, 0.25) is 0 Å². The smallest absolute Gasteiger partial charge is 0.272 e. The van der Waals surface area contributed by atoms with Crippen LogP contribution in [0.25, 0.3) is 0 Å². The first-order valence-electron chi connectivity index (χ1n) is 5.92. The van der Waals surface area contributed by atoms with Crippen molar-refractivity contribution in [1.29, 1.82) is 0 Å². The number of aliphatic hydroxyl groups excluding tert-OH is 1. The third kappa shape index (κ3) is 2.47. The summed E-state index contributed by atoms with van der Waals surface area (Å²) in [5, 5.41) is 9.69. The Balaban J connectivity index is 2.23. The van der Waals surface area contributed by atoms with Gasteiger partial charge in [-0.1, -0.05) is 6.07 Å². The average molecular weight is 234 g/mol. The zero-order valence-corrected chi connectivity index (χ0v) is 10.3. The number of β-amino-alcohol motifs (C(OH)–C–C–N with tert-alkyl or cyclic N) is 1. The fourth-order valence-corrected chi connectivity index (χ4v) is 2.19. The largest absolute Gasteiger partial charge is 0.391 e. The number of pyridine rings is 1. The first kappa shape index (κ1) is 12.0. The number of hydrogen-bond acceptors (Lipinski definition) is 3. The number of nitrogens with zero attached hydrogens (tertiary/aromatic N) is 2. The van der Waals surface area contributed by atoms with Gasteiger partial charge < -0.3 is 10.0 Å². The molecule has 0 spiro atoms. The van der Waals surface area contributed by atoms with E-state index in [9.17, 15) is 9.90 Å². The Labute approximate surface area is 101 Å². The van der Waals surface area contributed by atoms with Crippen LogP contribution < -0.4 is 0 Å². The van der Waals surface area contributed by atoms with Crippen molar-refractivity contribution in [3.63, 3.8) is 0 Å². The van der Waals surface area contributed by atoms with Gasteiger partial charge in [0.05, 0.1) is 6.10 Å². The minimum absolute atomic E-state index is 0.102. The van der Waals surface area contributed by atoms with E-state index in [0.29, 0.717) is 12.2 Å². The molecular weight excluding hydrogens is 216 g/mol. The number of carbonyl (C=O) groups is 1. The molecule has 17 heavy (non-hydrogen) atoms. The van der Waals surface area contributed by atoms with Gasteiger partial charge in [0, 0.05) is 18.3 Å². The molecule has 0 radical (unpaired) electrons. The highest BCUT2D eigenvalue weighted by Crippen LogP contribution is 2.28. The summed E-state index contributed by atoms with van der Waals surface area (Å²) in [5.74, 6) is -0.102. The number of piperidine rings is 1. The number of aliphatic hydroxyl groups is 1. The Morgan fingerprint density at radius 3 is 2.94 bits per heavy atom. The predicted molar refractivity (Wildman–Crippen MR) is 64.6 cm³/mol. The molecule has 1 aromatic heterocycles. The number of rotatable bonds is 1. The topological polar surface area (TPSA) is 53.4 Å². The average Bonchev–Trinajstić information content (AvgIpc) is 2.33. The van der Waals surface area contributed by atoms with E-state index in [1.165, 1.54) is 0 Å². The van der Waals surface area contributed by atoms with Gasteiger partial charge in [-0.15, -0.1) is 0 Å². The Kier molecular flexibility index (Phi) is 3.15. The van der Waals surface area contributed by atoms with Gasteiger partial charge in [-0.25, -0.2) is 0 Å². The highest BCUT2D eigenvalue weighted by Gasteiger charge is 2.37. The summed E-state index contributed by atoms with van der Waals surface area (Å²) in [4.78, 5) is 18.1. The number of hydrogen-bond donors (Lipinski definition) is 1. The van der Waals surface area contributed by atoms with Gasteiger partial charge in [-0.05, 0) is 38.8 Å². The number of carbonyl (C=O) groups excluding carboxylic acids is 1. The van der Waals surface area contributed by atoms with Crippen LogP contribution in [-0.2, 0) is 0 Å². The zero-order chi connectivity index (χ0) is 12.5. The molecule has 1 fully saturated rings. The highest BCUT2D eigenvalue weighted by atomic mass is 16.3. The molecule has 1 aliphatic heterocycles. The standard InChI is InChI=1S/C13H18N2O2/c1-13(2)7-6-10(16)9-15(13)12(17)11-5-3-4-8-14-11/h3-5,8,10,16H,6-7,9H2,1-2H3. The normalized spacial score (nSPS) is 23.5. The van der Waals surface area contributed by atoms with Crippen molar-refractivity contribution in [3.05, 3.63) is 30.1 Å². The van der Waals surface area contributed by atoms with Crippen molar-refractivity contribution in [1.82, 2.24) is 9.88 Å². The third-order valence-corrected chi connectivity index (χ3v) is 3.34. The van der Waals surface area contributed by atoms with Crippen LogP contribution in [0.5, 0.6) is 0 Å². The van der Waals surface area contributed by atoms with E-state index in [0.717, 1.165) is 12.8 Å². The lowest BCUT2D eigenvalue weighted by Crippen LogP contribution is -2.54. The van der Waals surface area contributed by atoms with Gasteiger partial charge in [0.1, 0.15) is 5.69 Å². The fraction of sp³-hybridized carbons (Fsp3) is 0.538. The van der Waals surface area contributed by atoms with Gasteiger partial charge >= 0.3 is 0 Å². The number of likely N-dealkylation sites (tertiary alicyclic amines) is 1. The summed E-state index contributed by atoms with van der Waals surface area (Å²) >= 11 is 0. The summed E-state index contributed by atoms with van der Waals surface area (Å²) in [5.41, 5.74) is 0.225. The molecular formula is C13H18N2O2. The lowest BCUT2D eigenvalue weighted by molar-refractivity contribution is 0.00116. The Morgan fingerprint density at radius 2 is 2.29 bits per heavy atom. The van der Waals surface area contributed by atoms with E-state index >= 15 is 0 Å². The fourth-order valence-electron chi connectivity index (χ4n) is 2.19. The SMILES string of the molecule is CC1(C)CCC(O)CN1C(=O)c1ccccn1. The second-order valence-electron chi connectivity index (χ2n) is 5.14. The molecule has 4 heteroatoms. The van der Waals surface area contributed by atoms with Gasteiger partial charge in [-0.3, -0.25) is 9.78 Å². The summed E-state index contributed by atoms with van der Waals surface area (Å²) in [6.07, 6.45) is 2.75. The quantitative estimate of drug-likeness (QED) is 0.800. The van der Waals surface area contributed by atoms with Crippen LogP contribution in [0, 0.1) is 0 Å². The molecule has 1 aromatic rings. The van der Waals surface area contributed by atoms with E-state index in [-0.39, 0.29) is 11.4 Å². The molecule has 1 N–H and O–H groups in total. The van der Waals surface area contributed by atoms with Crippen LogP contribution >= 0.6 is 0 Å². The van der Waals surface area contributed by atoms with E-state index in [4.69, 9.17) is 0 Å². The molecule has 1 amide bonds. The lowest BCUT2D eigenvalue weighted by Gasteiger charge is -2.44. The Morgan fingerprint density at radius 1 is 1.53 bits per heavy atom. The summed E-state index contributed by atoms with van der Waals surface area (Å²) in [6.45, 7) is 4.45. The van der Waals surface area contributed by atoms with Crippen LogP contribution in [-0.4, -0.2) is 39.1 Å². The first-order chi connectivity index (χ1) is 8.00. The molecule has 92 valence electrons. The molecule has 0 bridgehead atoms. The van der Waals surface area contributed by atoms with Crippen LogP contribution in [0.2, 0.25) is 0 Å². The molecule has 0 aromatic carbocycles. The van der Waals surface area contributed by atoms with Crippen molar-refractivity contribution in [2.24, 2.45) is 0 Å². The van der Waals surface area contributed by atoms with Crippen molar-refractivity contribution >= 4 is 5.91 Å². The molecule has 1 atom stereocenters. The Hall–Kier alpha value is -1.42. The number of amides is 1. The van der Waals surface area contributed by atoms with Crippen LogP contribution in [0.4, 0.5) is 0 Å². The highest BCUT2D eigenvalue weighted by molar-refractivity contribution is 5.92. The van der Waals surface area contributed by atoms with E-state index in [1.54, 1.807) is 29.3 Å². The van der Waals surface area contributed by atoms with Crippen molar-refractivity contribution < 1.29 is 9.90 Å². The molecule has 1 aliphatic rings. The van der Waals surface area contributed by atoms with Gasteiger partial charge in [0.25, 0.3) is 5.91 Å². The second kappa shape index (κ2) is 4.45. The monoisotopic (exact) mass is 234 g/mol. The summed E-state index contributed by atoms with van der Waals surface area (Å²) < 4.78 is 0. The first-order valence-corrected chi connectivity index (χ1v) is 5.92. The van der Waals surface area contributed by atoms with Crippen molar-refractivity contribution in [3.8, 4) is 0 Å². The summed E-state index contributed by atoms with van der Waals surface area (Å²) in [6, 6.07) is 5.29. The molecule has 1 saturated heterocycles. The molecule has 2 rings (SSSR count). The molecule has 2 heterocycles. The van der Waals surface area contributed by atoms with Crippen LogP contribution in [0.3, 0.4) is 0 Å². The maximum Gasteiger partial charge on any atom is 0.272 e. The molecule has 4 nitrogen and oxygen atoms in total. The second-order valence-corrected chi connectivity index (χ2v) is 5.14. The summed E-state index contributed by atoms with van der Waals surface area (Å²) in [7, 11) is 0. The molecule has 0 aliphatic carbocycles.